The Hall–Kier alpha value is -3.33. The van der Waals surface area contributed by atoms with Crippen molar-refractivity contribution in [3.05, 3.63) is 47.6 Å². The van der Waals surface area contributed by atoms with Gasteiger partial charge in [-0.25, -0.2) is 4.79 Å². The normalized spacial score (nSPS) is 39.6. The summed E-state index contributed by atoms with van der Waals surface area (Å²) in [5, 5.41) is 23.4. The molecule has 2 saturated heterocycles. The summed E-state index contributed by atoms with van der Waals surface area (Å²) in [7, 11) is 3.29. The van der Waals surface area contributed by atoms with Gasteiger partial charge in [0.15, 0.2) is 0 Å². The standard InChI is InChI=1S/C54H85NO12/c1-12-26-65-45-24-22-41(30-48(45)64-11)29-36(5)47-32-44(56)35(4)28-38(7)50(58)40(9)49(57)37(6)27-33(2)18-14-13-15-19-34(3)46(63-10)31-42-23-21-39(8)54(62,67-42)51(59)52(60)55-25-17-16-20-43(55)53(61)66-47/h13-15,18-19,28,33,35-37,39-43,45-48,50,58,62H,12,16-17,20-27,29-32H2,1-11H3/b15-13+,18-14+,34-19+,38-28+/t33-,35-,36-,37-,39-,40+,41+,42?,43+,45-,46+,47+,48-,50-,54-/m1/s1. The highest BCUT2D eigenvalue weighted by molar-refractivity contribution is 6.39. The Morgan fingerprint density at radius 1 is 0.866 bits per heavy atom. The van der Waals surface area contributed by atoms with Gasteiger partial charge in [-0.2, -0.15) is 0 Å². The van der Waals surface area contributed by atoms with Crippen LogP contribution in [0.4, 0.5) is 0 Å². The van der Waals surface area contributed by atoms with Crippen molar-refractivity contribution in [2.45, 2.75) is 194 Å². The first-order chi connectivity index (χ1) is 31.7. The van der Waals surface area contributed by atoms with E-state index < -0.39 is 71.7 Å². The lowest BCUT2D eigenvalue weighted by Gasteiger charge is -2.42. The predicted octanol–water partition coefficient (Wildman–Crippen LogP) is 8.24. The summed E-state index contributed by atoms with van der Waals surface area (Å²) in [6, 6.07) is -1.11. The molecular formula is C54H85NO12. The molecule has 3 aliphatic heterocycles. The number of rotatable bonds is 8. The number of cyclic esters (lactones) is 1. The van der Waals surface area contributed by atoms with E-state index in [0.717, 1.165) is 31.3 Å². The Bertz CT molecular complexity index is 1790. The minimum absolute atomic E-state index is 0.00547. The van der Waals surface area contributed by atoms with Crippen LogP contribution in [0.25, 0.3) is 0 Å². The smallest absolute Gasteiger partial charge is 0.329 e. The number of amides is 1. The molecular weight excluding hydrogens is 855 g/mol. The van der Waals surface area contributed by atoms with Crippen LogP contribution in [-0.4, -0.2) is 120 Å². The third-order valence-electron chi connectivity index (χ3n) is 15.1. The molecule has 67 heavy (non-hydrogen) atoms. The van der Waals surface area contributed by atoms with Gasteiger partial charge >= 0.3 is 5.97 Å². The molecule has 0 spiro atoms. The largest absolute Gasteiger partial charge is 0.460 e. The van der Waals surface area contributed by atoms with Gasteiger partial charge in [-0.3, -0.25) is 19.2 Å². The third-order valence-corrected chi connectivity index (χ3v) is 15.1. The maximum atomic E-state index is 14.5. The Labute approximate surface area is 401 Å². The van der Waals surface area contributed by atoms with Crippen molar-refractivity contribution in [2.24, 2.45) is 41.4 Å². The number of ketones is 3. The van der Waals surface area contributed by atoms with Crippen molar-refractivity contribution in [3.63, 3.8) is 0 Å². The van der Waals surface area contributed by atoms with Crippen molar-refractivity contribution in [1.29, 1.82) is 0 Å². The first-order valence-electron chi connectivity index (χ1n) is 25.3. The fourth-order valence-electron chi connectivity index (χ4n) is 10.6. The monoisotopic (exact) mass is 940 g/mol. The molecule has 3 heterocycles. The maximum absolute atomic E-state index is 14.5. The first-order valence-corrected chi connectivity index (χ1v) is 25.3. The van der Waals surface area contributed by atoms with Crippen LogP contribution in [0.5, 0.6) is 0 Å². The van der Waals surface area contributed by atoms with E-state index in [-0.39, 0.29) is 66.8 Å². The second-order valence-electron chi connectivity index (χ2n) is 20.6. The molecule has 1 aliphatic carbocycles. The van der Waals surface area contributed by atoms with Crippen LogP contribution in [0.2, 0.25) is 0 Å². The number of allylic oxidation sites excluding steroid dienone is 6. The molecule has 0 aromatic carbocycles. The zero-order valence-corrected chi connectivity index (χ0v) is 42.6. The second kappa shape index (κ2) is 26.6. The van der Waals surface area contributed by atoms with Gasteiger partial charge < -0.3 is 38.8 Å². The van der Waals surface area contributed by atoms with Gasteiger partial charge in [0.2, 0.25) is 5.79 Å². The van der Waals surface area contributed by atoms with Crippen molar-refractivity contribution < 1.29 is 57.9 Å². The average molecular weight is 940 g/mol. The topological polar surface area (TPSA) is 175 Å². The van der Waals surface area contributed by atoms with Gasteiger partial charge in [0, 0.05) is 63.9 Å². The third kappa shape index (κ3) is 15.3. The molecule has 0 aromatic rings. The van der Waals surface area contributed by atoms with E-state index in [2.05, 4.69) is 6.92 Å². The zero-order chi connectivity index (χ0) is 49.6. The summed E-state index contributed by atoms with van der Waals surface area (Å²) in [4.78, 5) is 72.0. The summed E-state index contributed by atoms with van der Waals surface area (Å²) in [5.41, 5.74) is 1.41. The van der Waals surface area contributed by atoms with Gasteiger partial charge in [0.05, 0.1) is 30.5 Å². The number of hydrogen-bond donors (Lipinski definition) is 2. The first kappa shape index (κ1) is 56.3. The van der Waals surface area contributed by atoms with Crippen molar-refractivity contribution >= 4 is 29.2 Å². The summed E-state index contributed by atoms with van der Waals surface area (Å²) in [5.74, 6) is -7.87. The molecule has 13 nitrogen and oxygen atoms in total. The number of aliphatic hydroxyl groups excluding tert-OH is 1. The van der Waals surface area contributed by atoms with Crippen LogP contribution in [0.1, 0.15) is 146 Å². The average Bonchev–Trinajstić information content (AvgIpc) is 3.31. The fraction of sp³-hybridized carbons (Fsp3) is 0.759. The van der Waals surface area contributed by atoms with E-state index in [0.29, 0.717) is 57.1 Å². The Kier molecular flexibility index (Phi) is 22.3. The summed E-state index contributed by atoms with van der Waals surface area (Å²) >= 11 is 0. The molecule has 13 heteroatoms. The number of hydrogen-bond acceptors (Lipinski definition) is 12. The van der Waals surface area contributed by atoms with E-state index in [1.807, 2.05) is 58.1 Å². The molecule has 4 rings (SSSR count). The quantitative estimate of drug-likeness (QED) is 0.136. The molecule has 1 amide bonds. The molecule has 0 aromatic heterocycles. The van der Waals surface area contributed by atoms with Gasteiger partial charge in [-0.05, 0) is 113 Å². The fourth-order valence-corrected chi connectivity index (χ4v) is 10.6. The lowest BCUT2D eigenvalue weighted by molar-refractivity contribution is -0.265. The number of esters is 1. The lowest BCUT2D eigenvalue weighted by atomic mass is 9.78. The number of nitrogens with zero attached hydrogens (tertiary/aromatic N) is 1. The lowest BCUT2D eigenvalue weighted by Crippen LogP contribution is -2.61. The molecule has 1 saturated carbocycles. The van der Waals surface area contributed by atoms with Crippen LogP contribution < -0.4 is 0 Å². The minimum Gasteiger partial charge on any atom is -0.460 e. The van der Waals surface area contributed by atoms with Gasteiger partial charge in [-0.15, -0.1) is 0 Å². The maximum Gasteiger partial charge on any atom is 0.329 e. The number of fused-ring (bicyclic) bond motifs is 3. The molecule has 3 fully saturated rings. The molecule has 2 bridgehead atoms. The highest BCUT2D eigenvalue weighted by Crippen LogP contribution is 2.38. The SMILES string of the molecule is CCCO[C@@H]1CC[C@@H](C[C@@H](C)[C@@H]2CC(=O)[C@H](C)/C=C(\C)[C@@H](O)[C@@H](C)C(=O)[C@H](C)C[C@H](C)/C=C/C=C/C=C(\C)[C@@H](OC)CC3CC[C@@H](C)[C@@](O)(O3)C(=O)C(=O)N3CCCC[C@H]3C(=O)O2)C[C@H]1OC. The number of carbonyl (C=O) groups is 5. The van der Waals surface area contributed by atoms with E-state index in [1.54, 1.807) is 48.0 Å². The Balaban J connectivity index is 1.68. The van der Waals surface area contributed by atoms with Crippen LogP contribution in [0, 0.1) is 41.4 Å². The van der Waals surface area contributed by atoms with E-state index in [4.69, 9.17) is 23.7 Å². The Morgan fingerprint density at radius 3 is 2.28 bits per heavy atom. The van der Waals surface area contributed by atoms with Gasteiger partial charge in [0.1, 0.15) is 23.7 Å². The minimum atomic E-state index is -2.41. The van der Waals surface area contributed by atoms with Gasteiger partial charge in [-0.1, -0.05) is 84.9 Å². The summed E-state index contributed by atoms with van der Waals surface area (Å²) in [6.07, 6.45) is 15.5. The summed E-state index contributed by atoms with van der Waals surface area (Å²) in [6.45, 7) is 17.6. The zero-order valence-electron chi connectivity index (χ0n) is 42.6. The molecule has 4 aliphatic rings. The van der Waals surface area contributed by atoms with Crippen LogP contribution in [-0.2, 0) is 47.7 Å². The number of Topliss-reactive ketones (excluding diaryl/α,β-unsaturated/α-hetero) is 3. The van der Waals surface area contributed by atoms with E-state index >= 15 is 0 Å². The number of methoxy groups -OCH3 is 2. The Morgan fingerprint density at radius 2 is 1.60 bits per heavy atom. The van der Waals surface area contributed by atoms with Crippen LogP contribution in [0.3, 0.4) is 0 Å². The predicted molar refractivity (Wildman–Crippen MR) is 258 cm³/mol. The van der Waals surface area contributed by atoms with Crippen molar-refractivity contribution in [3.8, 4) is 0 Å². The van der Waals surface area contributed by atoms with Crippen molar-refractivity contribution in [2.75, 3.05) is 27.4 Å². The highest BCUT2D eigenvalue weighted by Gasteiger charge is 2.53. The molecule has 378 valence electrons. The highest BCUT2D eigenvalue weighted by atomic mass is 16.6. The number of aliphatic hydroxyl groups is 2. The van der Waals surface area contributed by atoms with Gasteiger partial charge in [0.25, 0.3) is 11.7 Å². The van der Waals surface area contributed by atoms with Crippen LogP contribution in [0.15, 0.2) is 47.6 Å². The molecule has 0 radical (unpaired) electrons. The molecule has 15 atom stereocenters. The number of piperidine rings is 1. The molecule has 2 N–H and O–H groups in total. The summed E-state index contributed by atoms with van der Waals surface area (Å²) < 4.78 is 30.4. The second-order valence-corrected chi connectivity index (χ2v) is 20.6. The van der Waals surface area contributed by atoms with E-state index in [1.165, 1.54) is 4.90 Å². The molecule has 1 unspecified atom stereocenters. The van der Waals surface area contributed by atoms with Crippen LogP contribution >= 0.6 is 0 Å². The van der Waals surface area contributed by atoms with E-state index in [9.17, 15) is 34.2 Å². The number of carbonyl (C=O) groups excluding carboxylic acids is 5. The van der Waals surface area contributed by atoms with Crippen molar-refractivity contribution in [1.82, 2.24) is 4.90 Å². The number of ether oxygens (including phenoxy) is 5.